The van der Waals surface area contributed by atoms with Crippen LogP contribution < -0.4 is 0 Å². The molecule has 29 heavy (non-hydrogen) atoms. The highest BCUT2D eigenvalue weighted by molar-refractivity contribution is 7.36. The van der Waals surface area contributed by atoms with Crippen LogP contribution >= 0.6 is 34.0 Å². The predicted molar refractivity (Wildman–Crippen MR) is 135 cm³/mol. The van der Waals surface area contributed by atoms with E-state index in [1.54, 1.807) is 0 Å². The van der Waals surface area contributed by atoms with E-state index in [2.05, 4.69) is 61.5 Å². The zero-order valence-electron chi connectivity index (χ0n) is 16.9. The van der Waals surface area contributed by atoms with Crippen LogP contribution in [0.2, 0.25) is 0 Å². The summed E-state index contributed by atoms with van der Waals surface area (Å²) >= 11 is 5.87. The van der Waals surface area contributed by atoms with E-state index in [4.69, 9.17) is 0 Å². The lowest BCUT2D eigenvalue weighted by atomic mass is 10.1. The van der Waals surface area contributed by atoms with Crippen molar-refractivity contribution in [3.8, 4) is 10.4 Å². The van der Waals surface area contributed by atoms with Crippen molar-refractivity contribution in [2.75, 3.05) is 0 Å². The van der Waals surface area contributed by atoms with E-state index in [0.29, 0.717) is 0 Å². The Morgan fingerprint density at radius 3 is 2.31 bits per heavy atom. The molecule has 5 rings (SSSR count). The Labute approximate surface area is 184 Å². The fraction of sp³-hybridized carbons (Fsp3) is 0.308. The summed E-state index contributed by atoms with van der Waals surface area (Å²) in [4.78, 5) is 2.95. The molecule has 5 aromatic rings. The number of unbranched alkanes of at least 4 members (excludes halogenated alkanes) is 5. The van der Waals surface area contributed by atoms with Crippen molar-refractivity contribution >= 4 is 63.6 Å². The Hall–Kier alpha value is -1.68. The molecular weight excluding hydrogens is 408 g/mol. The van der Waals surface area contributed by atoms with E-state index in [0.717, 1.165) is 0 Å². The van der Waals surface area contributed by atoms with Gasteiger partial charge in [-0.2, -0.15) is 0 Å². The lowest BCUT2D eigenvalue weighted by Gasteiger charge is -2.00. The summed E-state index contributed by atoms with van der Waals surface area (Å²) in [6, 6.07) is 20.5. The van der Waals surface area contributed by atoms with E-state index < -0.39 is 0 Å². The smallest absolute Gasteiger partial charge is 0.0542 e. The second-order valence-corrected chi connectivity index (χ2v) is 11.1. The number of thiophene rings is 3. The zero-order chi connectivity index (χ0) is 19.6. The monoisotopic (exact) mass is 434 g/mol. The third kappa shape index (κ3) is 3.88. The summed E-state index contributed by atoms with van der Waals surface area (Å²) in [7, 11) is 0. The SMILES string of the molecule is CCCCCCCCc1ccc(-c2ccc3c(c2)sc2c4ccccc4sc32)s1. The highest BCUT2D eigenvalue weighted by Gasteiger charge is 2.13. The summed E-state index contributed by atoms with van der Waals surface area (Å²) in [5, 5.41) is 2.83. The lowest BCUT2D eigenvalue weighted by molar-refractivity contribution is 0.609. The first-order valence-corrected chi connectivity index (χ1v) is 13.2. The van der Waals surface area contributed by atoms with Crippen molar-refractivity contribution in [3.63, 3.8) is 0 Å². The van der Waals surface area contributed by atoms with Crippen molar-refractivity contribution in [1.82, 2.24) is 0 Å². The molecule has 3 heteroatoms. The third-order valence-corrected chi connectivity index (χ3v) is 9.42. The van der Waals surface area contributed by atoms with Gasteiger partial charge in [-0.25, -0.2) is 0 Å². The van der Waals surface area contributed by atoms with Crippen molar-refractivity contribution in [2.24, 2.45) is 0 Å². The summed E-state index contributed by atoms with van der Waals surface area (Å²) in [5.41, 5.74) is 1.37. The van der Waals surface area contributed by atoms with Gasteiger partial charge in [0.15, 0.2) is 0 Å². The van der Waals surface area contributed by atoms with Gasteiger partial charge >= 0.3 is 0 Å². The summed E-state index contributed by atoms with van der Waals surface area (Å²) in [6.07, 6.45) is 9.46. The van der Waals surface area contributed by atoms with Gasteiger partial charge in [-0.05, 0) is 42.7 Å². The molecule has 0 N–H and O–H groups in total. The number of rotatable bonds is 8. The first-order chi connectivity index (χ1) is 14.3. The molecule has 0 nitrogen and oxygen atoms in total. The van der Waals surface area contributed by atoms with Gasteiger partial charge in [0.25, 0.3) is 0 Å². The molecule has 0 saturated carbocycles. The minimum absolute atomic E-state index is 1.24. The van der Waals surface area contributed by atoms with Gasteiger partial charge in [0.05, 0.1) is 9.40 Å². The van der Waals surface area contributed by atoms with E-state index in [1.165, 1.54) is 89.8 Å². The van der Waals surface area contributed by atoms with Crippen molar-refractivity contribution in [2.45, 2.75) is 51.9 Å². The molecule has 0 unspecified atom stereocenters. The molecule has 0 aliphatic heterocycles. The van der Waals surface area contributed by atoms with Crippen molar-refractivity contribution < 1.29 is 0 Å². The normalized spacial score (nSPS) is 11.9. The van der Waals surface area contributed by atoms with Crippen LogP contribution in [0.5, 0.6) is 0 Å². The van der Waals surface area contributed by atoms with E-state index >= 15 is 0 Å². The molecule has 2 aromatic carbocycles. The molecule has 0 amide bonds. The molecule has 0 bridgehead atoms. The minimum Gasteiger partial charge on any atom is -0.140 e. The second-order valence-electron chi connectivity index (χ2n) is 7.85. The van der Waals surface area contributed by atoms with Crippen LogP contribution in [0.15, 0.2) is 54.6 Å². The Kier molecular flexibility index (Phi) is 5.72. The third-order valence-electron chi connectivity index (χ3n) is 5.71. The molecule has 3 heterocycles. The number of fused-ring (bicyclic) bond motifs is 5. The molecule has 0 atom stereocenters. The highest BCUT2D eigenvalue weighted by atomic mass is 32.1. The molecule has 0 radical (unpaired) electrons. The largest absolute Gasteiger partial charge is 0.140 e. The maximum absolute atomic E-state index is 2.40. The van der Waals surface area contributed by atoms with Crippen LogP contribution in [0, 0.1) is 0 Å². The second kappa shape index (κ2) is 8.59. The van der Waals surface area contributed by atoms with Crippen LogP contribution in [-0.2, 0) is 6.42 Å². The van der Waals surface area contributed by atoms with Crippen molar-refractivity contribution in [1.29, 1.82) is 0 Å². The summed E-state index contributed by atoms with van der Waals surface area (Å²) in [5.74, 6) is 0. The van der Waals surface area contributed by atoms with E-state index in [1.807, 2.05) is 34.0 Å². The molecule has 0 saturated heterocycles. The van der Waals surface area contributed by atoms with Gasteiger partial charge in [-0.1, -0.05) is 69.4 Å². The lowest BCUT2D eigenvalue weighted by Crippen LogP contribution is -1.82. The molecule has 0 spiro atoms. The molecule has 0 aliphatic rings. The molecule has 0 fully saturated rings. The maximum Gasteiger partial charge on any atom is 0.0542 e. The number of aryl methyl sites for hydroxylation is 1. The van der Waals surface area contributed by atoms with Crippen LogP contribution in [0.1, 0.15) is 50.3 Å². The highest BCUT2D eigenvalue weighted by Crippen LogP contribution is 2.45. The fourth-order valence-electron chi connectivity index (χ4n) is 4.11. The van der Waals surface area contributed by atoms with Crippen LogP contribution in [0.4, 0.5) is 0 Å². The van der Waals surface area contributed by atoms with Gasteiger partial charge in [0.1, 0.15) is 0 Å². The number of hydrogen-bond acceptors (Lipinski definition) is 3. The first-order valence-electron chi connectivity index (χ1n) is 10.8. The van der Waals surface area contributed by atoms with Gasteiger partial charge in [-0.3, -0.25) is 0 Å². The summed E-state index contributed by atoms with van der Waals surface area (Å²) in [6.45, 7) is 2.28. The summed E-state index contributed by atoms with van der Waals surface area (Å²) < 4.78 is 5.72. The molecule has 0 aliphatic carbocycles. The van der Waals surface area contributed by atoms with E-state index in [-0.39, 0.29) is 0 Å². The number of benzene rings is 2. The molecule has 3 aromatic heterocycles. The van der Waals surface area contributed by atoms with Gasteiger partial charge in [-0.15, -0.1) is 34.0 Å². The number of hydrogen-bond donors (Lipinski definition) is 0. The Bertz CT molecular complexity index is 1250. The van der Waals surface area contributed by atoms with E-state index in [9.17, 15) is 0 Å². The standard InChI is InChI=1S/C26H26S3/c1-2-3-4-5-6-7-10-19-14-16-22(27-19)18-13-15-21-24(17-18)29-25-20-11-8-9-12-23(20)28-26(21)25/h8-9,11-17H,2-7,10H2,1H3. The average Bonchev–Trinajstić information content (AvgIpc) is 3.44. The Balaban J connectivity index is 1.35. The van der Waals surface area contributed by atoms with Crippen LogP contribution in [-0.4, -0.2) is 0 Å². The van der Waals surface area contributed by atoms with Gasteiger partial charge in [0.2, 0.25) is 0 Å². The first kappa shape index (κ1) is 19.3. The fourth-order valence-corrected chi connectivity index (χ4v) is 7.84. The Morgan fingerprint density at radius 1 is 0.655 bits per heavy atom. The zero-order valence-corrected chi connectivity index (χ0v) is 19.3. The van der Waals surface area contributed by atoms with Crippen molar-refractivity contribution in [3.05, 3.63) is 59.5 Å². The quantitative estimate of drug-likeness (QED) is 0.213. The van der Waals surface area contributed by atoms with Gasteiger partial charge in [0, 0.05) is 29.9 Å². The maximum atomic E-state index is 2.40. The average molecular weight is 435 g/mol. The predicted octanol–water partition coefficient (Wildman–Crippen LogP) is 9.90. The molecular formula is C26H26S3. The van der Waals surface area contributed by atoms with Crippen LogP contribution in [0.25, 0.3) is 40.0 Å². The van der Waals surface area contributed by atoms with Gasteiger partial charge < -0.3 is 0 Å². The molecule has 148 valence electrons. The minimum atomic E-state index is 1.24. The Morgan fingerprint density at radius 2 is 1.41 bits per heavy atom. The van der Waals surface area contributed by atoms with Crippen LogP contribution in [0.3, 0.4) is 0 Å². The topological polar surface area (TPSA) is 0 Å².